The highest BCUT2D eigenvalue weighted by atomic mass is 16.7. The summed E-state index contributed by atoms with van der Waals surface area (Å²) in [6.07, 6.45) is 0.824. The fraction of sp³-hybridized carbons (Fsp3) is 0.750. The van der Waals surface area contributed by atoms with Gasteiger partial charge in [-0.2, -0.15) is 5.06 Å². The minimum atomic E-state index is -0.793. The Labute approximate surface area is 216 Å². The second-order valence-corrected chi connectivity index (χ2v) is 12.2. The molecule has 1 unspecified atom stereocenters. The van der Waals surface area contributed by atoms with Crippen molar-refractivity contribution in [2.24, 2.45) is 29.1 Å². The van der Waals surface area contributed by atoms with Crippen LogP contribution in [0.3, 0.4) is 0 Å². The number of nitrogens with one attached hydrogen (secondary N) is 2. The van der Waals surface area contributed by atoms with Crippen molar-refractivity contribution in [2.75, 3.05) is 39.1 Å². The third-order valence-corrected chi connectivity index (χ3v) is 9.22. The highest BCUT2D eigenvalue weighted by Crippen LogP contribution is 2.61. The lowest BCUT2D eigenvalue weighted by Crippen LogP contribution is -2.62. The van der Waals surface area contributed by atoms with Crippen LogP contribution in [0.4, 0.5) is 5.69 Å². The van der Waals surface area contributed by atoms with Gasteiger partial charge in [0.1, 0.15) is 12.1 Å². The number of amides is 1. The molecule has 1 saturated heterocycles. The molecule has 8 heteroatoms. The highest BCUT2D eigenvalue weighted by molar-refractivity contribution is 5.82. The molecule has 8 nitrogen and oxygen atoms in total. The highest BCUT2D eigenvalue weighted by Gasteiger charge is 2.57. The number of aliphatic hydroxyl groups excluding tert-OH is 2. The van der Waals surface area contributed by atoms with Gasteiger partial charge in [0.2, 0.25) is 5.91 Å². The number of hydrogen-bond donors (Lipinski definition) is 4. The van der Waals surface area contributed by atoms with E-state index in [1.165, 1.54) is 6.42 Å². The van der Waals surface area contributed by atoms with Crippen LogP contribution in [0, 0.1) is 29.1 Å². The predicted octanol–water partition coefficient (Wildman–Crippen LogP) is 2.32. The van der Waals surface area contributed by atoms with Crippen LogP contribution in [0.15, 0.2) is 24.3 Å². The number of aliphatic hydroxyl groups is 2. The molecule has 2 bridgehead atoms. The van der Waals surface area contributed by atoms with Crippen LogP contribution in [0.2, 0.25) is 0 Å². The molecule has 3 saturated carbocycles. The molecular formula is C28H46N4O4. The van der Waals surface area contributed by atoms with Crippen molar-refractivity contribution in [3.05, 3.63) is 29.8 Å². The Morgan fingerprint density at radius 1 is 1.31 bits per heavy atom. The van der Waals surface area contributed by atoms with Crippen LogP contribution in [0.5, 0.6) is 0 Å². The average Bonchev–Trinajstić information content (AvgIpc) is 3.18. The third-order valence-electron chi connectivity index (χ3n) is 9.22. The molecule has 4 N–H and O–H groups in total. The Morgan fingerprint density at radius 3 is 2.67 bits per heavy atom. The van der Waals surface area contributed by atoms with E-state index in [-0.39, 0.29) is 18.6 Å². The van der Waals surface area contributed by atoms with Crippen molar-refractivity contribution in [2.45, 2.75) is 71.4 Å². The fourth-order valence-electron chi connectivity index (χ4n) is 6.87. The summed E-state index contributed by atoms with van der Waals surface area (Å²) in [6.45, 7) is 10.5. The van der Waals surface area contributed by atoms with Gasteiger partial charge in [-0.3, -0.25) is 9.63 Å². The van der Waals surface area contributed by atoms with Crippen LogP contribution in [-0.2, 0) is 16.2 Å². The monoisotopic (exact) mass is 502 g/mol. The topological polar surface area (TPSA) is 97.3 Å². The van der Waals surface area contributed by atoms with E-state index in [0.717, 1.165) is 30.8 Å². The van der Waals surface area contributed by atoms with Gasteiger partial charge in [0, 0.05) is 30.7 Å². The van der Waals surface area contributed by atoms with Crippen molar-refractivity contribution in [1.82, 2.24) is 15.3 Å². The summed E-state index contributed by atoms with van der Waals surface area (Å²) in [5.74, 6) is 1.04. The molecule has 202 valence electrons. The maximum Gasteiger partial charge on any atom is 0.240 e. The first-order valence-electron chi connectivity index (χ1n) is 13.5. The molecule has 1 heterocycles. The average molecular weight is 503 g/mol. The van der Waals surface area contributed by atoms with Crippen molar-refractivity contribution in [3.63, 3.8) is 0 Å². The summed E-state index contributed by atoms with van der Waals surface area (Å²) in [5, 5.41) is 29.1. The van der Waals surface area contributed by atoms with E-state index in [4.69, 9.17) is 4.84 Å². The lowest BCUT2D eigenvalue weighted by atomic mass is 9.45. The largest absolute Gasteiger partial charge is 0.394 e. The summed E-state index contributed by atoms with van der Waals surface area (Å²) in [7, 11) is 4.09. The van der Waals surface area contributed by atoms with Crippen LogP contribution < -0.4 is 10.6 Å². The number of rotatable bonds is 10. The van der Waals surface area contributed by atoms with E-state index in [0.29, 0.717) is 29.7 Å². The molecule has 0 radical (unpaired) electrons. The van der Waals surface area contributed by atoms with E-state index < -0.39 is 24.2 Å². The van der Waals surface area contributed by atoms with Gasteiger partial charge in [0.25, 0.3) is 0 Å². The number of anilines is 1. The van der Waals surface area contributed by atoms with Crippen LogP contribution in [0.1, 0.15) is 46.1 Å². The minimum Gasteiger partial charge on any atom is -0.394 e. The predicted molar refractivity (Wildman–Crippen MR) is 141 cm³/mol. The zero-order valence-electron chi connectivity index (χ0n) is 22.8. The lowest BCUT2D eigenvalue weighted by molar-refractivity contribution is -0.183. The van der Waals surface area contributed by atoms with Gasteiger partial charge in [0.15, 0.2) is 0 Å². The molecule has 36 heavy (non-hydrogen) atoms. The van der Waals surface area contributed by atoms with Crippen LogP contribution in [-0.4, -0.2) is 84.2 Å². The van der Waals surface area contributed by atoms with Gasteiger partial charge in [-0.1, -0.05) is 32.9 Å². The van der Waals surface area contributed by atoms with Crippen molar-refractivity contribution in [1.29, 1.82) is 0 Å². The number of likely N-dealkylation sites (N-methyl/N-ethyl adjacent to an activating group) is 1. The zero-order chi connectivity index (χ0) is 26.2. The van der Waals surface area contributed by atoms with E-state index >= 15 is 0 Å². The summed E-state index contributed by atoms with van der Waals surface area (Å²) in [4.78, 5) is 22.0. The van der Waals surface area contributed by atoms with E-state index in [1.807, 2.05) is 32.3 Å². The smallest absolute Gasteiger partial charge is 0.240 e. The van der Waals surface area contributed by atoms with Crippen molar-refractivity contribution < 1.29 is 19.8 Å². The SMILES string of the molecule is C[C@H](O)[C@@H]1[C@H](CO)ON(Cc2cccc(NCCN(C)C)c2)[C@@H]1C(=O)NC1C[C@@H]2C[C@H]([C@@H]1C)C2(C)C. The standard InChI is InChI=1S/C28H46N4O4/c1-17-22-13-20(28(22,3)4)14-23(17)30-27(35)26-25(18(2)34)24(16-33)36-32(26)15-19-8-7-9-21(12-19)29-10-11-31(5)6/h7-9,12,17-18,20,22-26,29,33-34H,10-11,13-16H2,1-6H3,(H,30,35)/t17-,18-,20-,22+,23?,24-,25+,26-/m0/s1. The van der Waals surface area contributed by atoms with E-state index in [9.17, 15) is 15.0 Å². The lowest BCUT2D eigenvalue weighted by Gasteiger charge is -2.62. The Morgan fingerprint density at radius 2 is 2.06 bits per heavy atom. The van der Waals surface area contributed by atoms with Crippen LogP contribution in [0.25, 0.3) is 0 Å². The first kappa shape index (κ1) is 27.3. The first-order chi connectivity index (χ1) is 17.0. The molecule has 5 rings (SSSR count). The molecule has 1 aromatic rings. The molecule has 1 aromatic carbocycles. The van der Waals surface area contributed by atoms with Gasteiger partial charge in [-0.05, 0) is 74.7 Å². The summed E-state index contributed by atoms with van der Waals surface area (Å²) >= 11 is 0. The molecular weight excluding hydrogens is 456 g/mol. The van der Waals surface area contributed by atoms with Gasteiger partial charge in [-0.25, -0.2) is 0 Å². The third kappa shape index (κ3) is 5.43. The number of hydroxylamine groups is 2. The molecule has 4 aliphatic rings. The molecule has 0 spiro atoms. The van der Waals surface area contributed by atoms with Gasteiger partial charge >= 0.3 is 0 Å². The summed E-state index contributed by atoms with van der Waals surface area (Å²) < 4.78 is 0. The van der Waals surface area contributed by atoms with Crippen molar-refractivity contribution >= 4 is 11.6 Å². The molecule has 3 aliphatic carbocycles. The van der Waals surface area contributed by atoms with Gasteiger partial charge in [-0.15, -0.1) is 0 Å². The number of benzene rings is 1. The quantitative estimate of drug-likeness (QED) is 0.390. The Bertz CT molecular complexity index is 907. The van der Waals surface area contributed by atoms with Crippen LogP contribution >= 0.6 is 0 Å². The molecule has 1 amide bonds. The molecule has 4 fully saturated rings. The number of hydrogen-bond acceptors (Lipinski definition) is 7. The zero-order valence-corrected chi connectivity index (χ0v) is 22.8. The maximum absolute atomic E-state index is 13.7. The van der Waals surface area contributed by atoms with E-state index in [1.54, 1.807) is 12.0 Å². The number of carbonyl (C=O) groups excluding carboxylic acids is 1. The Hall–Kier alpha value is -1.71. The normalized spacial score (nSPS) is 34.3. The van der Waals surface area contributed by atoms with E-state index in [2.05, 4.69) is 42.4 Å². The fourth-order valence-corrected chi connectivity index (χ4v) is 6.87. The number of fused-ring (bicyclic) bond motifs is 2. The first-order valence-corrected chi connectivity index (χ1v) is 13.5. The summed E-state index contributed by atoms with van der Waals surface area (Å²) in [6, 6.07) is 7.55. The Balaban J connectivity index is 1.48. The summed E-state index contributed by atoms with van der Waals surface area (Å²) in [5.41, 5.74) is 2.36. The number of nitrogens with zero attached hydrogens (tertiary/aromatic N) is 2. The number of carbonyl (C=O) groups is 1. The molecule has 1 aliphatic heterocycles. The second-order valence-electron chi connectivity index (χ2n) is 12.2. The molecule has 8 atom stereocenters. The molecule has 0 aromatic heterocycles. The Kier molecular flexibility index (Phi) is 8.32. The van der Waals surface area contributed by atoms with Crippen molar-refractivity contribution in [3.8, 4) is 0 Å². The second kappa shape index (κ2) is 11.0. The maximum atomic E-state index is 13.7. The minimum absolute atomic E-state index is 0.118. The van der Waals surface area contributed by atoms with Gasteiger partial charge in [0.05, 0.1) is 19.3 Å². The van der Waals surface area contributed by atoms with Gasteiger partial charge < -0.3 is 25.7 Å².